The number of hydrogen-bond donors (Lipinski definition) is 1. The number of amidine groups is 2. The van der Waals surface area contributed by atoms with E-state index in [0.29, 0.717) is 31.4 Å². The molecule has 3 aliphatic rings. The number of nitrogens with two attached hydrogens (primary N) is 1. The van der Waals surface area contributed by atoms with Gasteiger partial charge in [-0.15, -0.1) is 10.2 Å². The average molecular weight is 456 g/mol. The zero-order valence-electron chi connectivity index (χ0n) is 17.9. The molecular formula is C24H27ClFN5O. The lowest BCUT2D eigenvalue weighted by Crippen LogP contribution is -2.51. The third kappa shape index (κ3) is 4.59. The van der Waals surface area contributed by atoms with Crippen molar-refractivity contribution >= 4 is 23.3 Å². The topological polar surface area (TPSA) is 66.5 Å². The zero-order chi connectivity index (χ0) is 22.1. The van der Waals surface area contributed by atoms with E-state index in [1.54, 1.807) is 12.1 Å². The fourth-order valence-electron chi connectivity index (χ4n) is 4.90. The SMILES string of the molecule is NC1=NN=C(N2CCC(N3Cc4cc(F)ccc4OCC3Cc3ccc(Cl)cc3)CC2)C1. The summed E-state index contributed by atoms with van der Waals surface area (Å²) < 4.78 is 20.2. The Labute approximate surface area is 192 Å². The number of benzene rings is 2. The average Bonchev–Trinajstić information content (AvgIpc) is 3.15. The first kappa shape index (κ1) is 21.2. The third-order valence-corrected chi connectivity index (χ3v) is 6.84. The first-order chi connectivity index (χ1) is 15.5. The van der Waals surface area contributed by atoms with Crippen molar-refractivity contribution in [3.05, 3.63) is 64.4 Å². The van der Waals surface area contributed by atoms with Gasteiger partial charge < -0.3 is 15.4 Å². The van der Waals surface area contributed by atoms with Gasteiger partial charge in [-0.05, 0) is 55.2 Å². The summed E-state index contributed by atoms with van der Waals surface area (Å²) in [6.07, 6.45) is 3.49. The van der Waals surface area contributed by atoms with Crippen molar-refractivity contribution in [1.29, 1.82) is 0 Å². The van der Waals surface area contributed by atoms with E-state index in [1.165, 1.54) is 11.6 Å². The molecule has 0 bridgehead atoms. The number of piperidine rings is 1. The predicted molar refractivity (Wildman–Crippen MR) is 125 cm³/mol. The van der Waals surface area contributed by atoms with Crippen LogP contribution in [0.2, 0.25) is 5.02 Å². The second-order valence-corrected chi connectivity index (χ2v) is 9.16. The molecule has 1 atom stereocenters. The molecule has 0 aromatic heterocycles. The number of hydrogen-bond acceptors (Lipinski definition) is 6. The monoisotopic (exact) mass is 455 g/mol. The molecule has 0 amide bonds. The van der Waals surface area contributed by atoms with Crippen LogP contribution in [0, 0.1) is 5.82 Å². The molecule has 2 N–H and O–H groups in total. The highest BCUT2D eigenvalue weighted by Crippen LogP contribution is 2.31. The van der Waals surface area contributed by atoms with Crippen LogP contribution in [0.3, 0.4) is 0 Å². The Bertz CT molecular complexity index is 1030. The Hall–Kier alpha value is -2.64. The van der Waals surface area contributed by atoms with Crippen molar-refractivity contribution in [2.24, 2.45) is 15.9 Å². The molecule has 2 aromatic carbocycles. The Morgan fingerprint density at radius 1 is 1.09 bits per heavy atom. The molecule has 0 radical (unpaired) electrons. The summed E-state index contributed by atoms with van der Waals surface area (Å²) in [5, 5.41) is 8.94. The van der Waals surface area contributed by atoms with E-state index in [1.807, 2.05) is 12.1 Å². The third-order valence-electron chi connectivity index (χ3n) is 6.59. The molecule has 8 heteroatoms. The number of halogens is 2. The maximum absolute atomic E-state index is 14.0. The van der Waals surface area contributed by atoms with Gasteiger partial charge in [-0.1, -0.05) is 23.7 Å². The van der Waals surface area contributed by atoms with Gasteiger partial charge in [0.2, 0.25) is 0 Å². The zero-order valence-corrected chi connectivity index (χ0v) is 18.6. The highest BCUT2D eigenvalue weighted by molar-refractivity contribution is 6.30. The lowest BCUT2D eigenvalue weighted by molar-refractivity contribution is 0.0670. The van der Waals surface area contributed by atoms with Gasteiger partial charge in [-0.25, -0.2) is 4.39 Å². The van der Waals surface area contributed by atoms with Gasteiger partial charge in [0.05, 0.1) is 6.42 Å². The van der Waals surface area contributed by atoms with E-state index < -0.39 is 0 Å². The van der Waals surface area contributed by atoms with Gasteiger partial charge in [-0.2, -0.15) is 0 Å². The highest BCUT2D eigenvalue weighted by Gasteiger charge is 2.34. The fourth-order valence-corrected chi connectivity index (χ4v) is 5.03. The molecule has 168 valence electrons. The van der Waals surface area contributed by atoms with Crippen LogP contribution >= 0.6 is 11.6 Å². The summed E-state index contributed by atoms with van der Waals surface area (Å²) in [4.78, 5) is 4.80. The van der Waals surface area contributed by atoms with E-state index in [2.05, 4.69) is 32.1 Å². The number of ether oxygens (including phenoxy) is 1. The number of nitrogens with zero attached hydrogens (tertiary/aromatic N) is 4. The maximum Gasteiger partial charge on any atom is 0.135 e. The molecule has 1 saturated heterocycles. The molecule has 32 heavy (non-hydrogen) atoms. The van der Waals surface area contributed by atoms with Crippen molar-refractivity contribution in [1.82, 2.24) is 9.80 Å². The summed E-state index contributed by atoms with van der Waals surface area (Å²) in [5.41, 5.74) is 7.93. The Morgan fingerprint density at radius 2 is 1.88 bits per heavy atom. The lowest BCUT2D eigenvalue weighted by Gasteiger charge is -2.42. The molecule has 2 aromatic rings. The van der Waals surface area contributed by atoms with Gasteiger partial charge in [0, 0.05) is 42.3 Å². The highest BCUT2D eigenvalue weighted by atomic mass is 35.5. The molecule has 0 spiro atoms. The molecule has 3 heterocycles. The maximum atomic E-state index is 14.0. The van der Waals surface area contributed by atoms with Crippen LogP contribution in [0.5, 0.6) is 5.75 Å². The Kier molecular flexibility index (Phi) is 6.02. The molecule has 0 aliphatic carbocycles. The standard InChI is InChI=1S/C24H27ClFN5O/c25-18-3-1-16(2-4-18)11-21-15-32-22-6-5-19(26)12-17(22)14-31(21)20-7-9-30(10-8-20)24-13-23(27)28-29-24/h1-6,12,20-21H,7-11,13-15H2,(H2,27,28). The summed E-state index contributed by atoms with van der Waals surface area (Å²) in [6.45, 7) is 3.06. The second kappa shape index (κ2) is 9.08. The van der Waals surface area contributed by atoms with E-state index in [9.17, 15) is 4.39 Å². The smallest absolute Gasteiger partial charge is 0.135 e. The number of rotatable bonds is 3. The van der Waals surface area contributed by atoms with Crippen LogP contribution in [0.25, 0.3) is 0 Å². The van der Waals surface area contributed by atoms with Crippen molar-refractivity contribution in [3.63, 3.8) is 0 Å². The van der Waals surface area contributed by atoms with Gasteiger partial charge in [0.25, 0.3) is 0 Å². The van der Waals surface area contributed by atoms with E-state index in [-0.39, 0.29) is 11.9 Å². The molecule has 1 fully saturated rings. The summed E-state index contributed by atoms with van der Waals surface area (Å²) in [7, 11) is 0. The lowest BCUT2D eigenvalue weighted by atomic mass is 9.97. The van der Waals surface area contributed by atoms with E-state index >= 15 is 0 Å². The number of likely N-dealkylation sites (tertiary alicyclic amines) is 1. The fraction of sp³-hybridized carbons (Fsp3) is 0.417. The summed E-state index contributed by atoms with van der Waals surface area (Å²) in [6, 6.07) is 13.4. The van der Waals surface area contributed by atoms with E-state index in [4.69, 9.17) is 22.1 Å². The first-order valence-electron chi connectivity index (χ1n) is 11.1. The van der Waals surface area contributed by atoms with E-state index in [0.717, 1.165) is 54.5 Å². The largest absolute Gasteiger partial charge is 0.492 e. The van der Waals surface area contributed by atoms with Crippen molar-refractivity contribution in [3.8, 4) is 5.75 Å². The molecule has 3 aliphatic heterocycles. The minimum absolute atomic E-state index is 0.186. The van der Waals surface area contributed by atoms with Gasteiger partial charge in [0.15, 0.2) is 0 Å². The number of fused-ring (bicyclic) bond motifs is 1. The Morgan fingerprint density at radius 3 is 2.59 bits per heavy atom. The van der Waals surface area contributed by atoms with Crippen LogP contribution in [-0.2, 0) is 13.0 Å². The molecule has 6 nitrogen and oxygen atoms in total. The normalized spacial score (nSPS) is 22.1. The van der Waals surface area contributed by atoms with Gasteiger partial charge in [-0.3, -0.25) is 4.90 Å². The van der Waals surface area contributed by atoms with Crippen molar-refractivity contribution in [2.75, 3.05) is 19.7 Å². The second-order valence-electron chi connectivity index (χ2n) is 8.72. The van der Waals surface area contributed by atoms with Crippen LogP contribution in [0.4, 0.5) is 4.39 Å². The van der Waals surface area contributed by atoms with Gasteiger partial charge in [0.1, 0.15) is 29.8 Å². The van der Waals surface area contributed by atoms with Crippen molar-refractivity contribution in [2.45, 2.75) is 44.3 Å². The summed E-state index contributed by atoms with van der Waals surface area (Å²) >= 11 is 6.08. The minimum Gasteiger partial charge on any atom is -0.492 e. The molecule has 5 rings (SSSR count). The quantitative estimate of drug-likeness (QED) is 0.764. The minimum atomic E-state index is -0.227. The van der Waals surface area contributed by atoms with Crippen LogP contribution < -0.4 is 10.5 Å². The predicted octanol–water partition coefficient (Wildman–Crippen LogP) is 3.82. The molecule has 0 saturated carbocycles. The summed E-state index contributed by atoms with van der Waals surface area (Å²) in [5.74, 6) is 2.09. The molecular weight excluding hydrogens is 429 g/mol. The molecule has 1 unspecified atom stereocenters. The van der Waals surface area contributed by atoms with Crippen LogP contribution in [0.1, 0.15) is 30.4 Å². The van der Waals surface area contributed by atoms with Crippen molar-refractivity contribution < 1.29 is 9.13 Å². The van der Waals surface area contributed by atoms with Crippen LogP contribution in [0.15, 0.2) is 52.7 Å². The Balaban J connectivity index is 1.34. The first-order valence-corrected chi connectivity index (χ1v) is 11.5. The van der Waals surface area contributed by atoms with Gasteiger partial charge >= 0.3 is 0 Å². The van der Waals surface area contributed by atoms with Crippen LogP contribution in [-0.4, -0.2) is 53.3 Å².